The van der Waals surface area contributed by atoms with Gasteiger partial charge in [-0.25, -0.2) is 0 Å². The Hall–Kier alpha value is -2.04. The first-order valence-electron chi connectivity index (χ1n) is 8.34. The van der Waals surface area contributed by atoms with Gasteiger partial charge in [-0.2, -0.15) is 0 Å². The molecular formula is C18H26N2O3. The van der Waals surface area contributed by atoms with E-state index in [1.165, 1.54) is 0 Å². The summed E-state index contributed by atoms with van der Waals surface area (Å²) in [4.78, 5) is 23.9. The molecule has 1 aliphatic rings. The standard InChI is InChI=1S/C18H26N2O3/c1-3-4-9-19-17(21)15-12-16(15)18(22)20-10-8-13-6-5-7-14(11-13)23-2/h5-7,11,15-16H,3-4,8-10,12H2,1-2H3,(H,19,21)(H,20,22). The van der Waals surface area contributed by atoms with Gasteiger partial charge < -0.3 is 15.4 Å². The zero-order valence-corrected chi connectivity index (χ0v) is 13.9. The number of amides is 2. The van der Waals surface area contributed by atoms with Crippen LogP contribution in [-0.2, 0) is 16.0 Å². The van der Waals surface area contributed by atoms with Gasteiger partial charge in [0, 0.05) is 13.1 Å². The summed E-state index contributed by atoms with van der Waals surface area (Å²) >= 11 is 0. The Kier molecular flexibility index (Phi) is 6.44. The van der Waals surface area contributed by atoms with E-state index in [0.717, 1.165) is 30.6 Å². The summed E-state index contributed by atoms with van der Waals surface area (Å²) in [5.74, 6) is 0.542. The fraction of sp³-hybridized carbons (Fsp3) is 0.556. The van der Waals surface area contributed by atoms with Crippen LogP contribution in [0, 0.1) is 11.8 Å². The zero-order valence-electron chi connectivity index (χ0n) is 13.9. The largest absolute Gasteiger partial charge is 0.497 e. The predicted octanol–water partition coefficient (Wildman–Crippen LogP) is 1.91. The summed E-state index contributed by atoms with van der Waals surface area (Å²) in [6.45, 7) is 3.37. The summed E-state index contributed by atoms with van der Waals surface area (Å²) in [6.07, 6.45) is 3.46. The highest BCUT2D eigenvalue weighted by Crippen LogP contribution is 2.38. The molecule has 5 nitrogen and oxygen atoms in total. The van der Waals surface area contributed by atoms with Crippen molar-refractivity contribution < 1.29 is 14.3 Å². The zero-order chi connectivity index (χ0) is 16.7. The van der Waals surface area contributed by atoms with Gasteiger partial charge in [-0.05, 0) is 37.0 Å². The summed E-state index contributed by atoms with van der Waals surface area (Å²) in [7, 11) is 1.64. The second-order valence-corrected chi connectivity index (χ2v) is 5.99. The number of benzene rings is 1. The fourth-order valence-corrected chi connectivity index (χ4v) is 2.58. The summed E-state index contributed by atoms with van der Waals surface area (Å²) in [5.41, 5.74) is 1.12. The molecule has 2 atom stereocenters. The van der Waals surface area contributed by atoms with Crippen molar-refractivity contribution in [2.45, 2.75) is 32.6 Å². The van der Waals surface area contributed by atoms with Crippen molar-refractivity contribution in [3.63, 3.8) is 0 Å². The van der Waals surface area contributed by atoms with Crippen molar-refractivity contribution in [1.82, 2.24) is 10.6 Å². The average Bonchev–Trinajstić information content (AvgIpc) is 3.36. The minimum absolute atomic E-state index is 0.0106. The smallest absolute Gasteiger partial charge is 0.223 e. The van der Waals surface area contributed by atoms with Crippen LogP contribution in [0.15, 0.2) is 24.3 Å². The molecule has 0 bridgehead atoms. The Bertz CT molecular complexity index is 545. The molecule has 0 heterocycles. The van der Waals surface area contributed by atoms with Crippen LogP contribution in [0.3, 0.4) is 0 Å². The molecule has 2 amide bonds. The molecule has 0 spiro atoms. The SMILES string of the molecule is CCCCNC(=O)C1CC1C(=O)NCCc1cccc(OC)c1. The maximum absolute atomic E-state index is 12.0. The van der Waals surface area contributed by atoms with E-state index in [9.17, 15) is 9.59 Å². The van der Waals surface area contributed by atoms with Crippen LogP contribution in [0.1, 0.15) is 31.7 Å². The molecule has 1 aromatic rings. The number of unbranched alkanes of at least 4 members (excludes halogenated alkanes) is 1. The van der Waals surface area contributed by atoms with Crippen molar-refractivity contribution >= 4 is 11.8 Å². The van der Waals surface area contributed by atoms with Gasteiger partial charge in [0.1, 0.15) is 5.75 Å². The Morgan fingerprint density at radius 3 is 2.52 bits per heavy atom. The number of hydrogen-bond acceptors (Lipinski definition) is 3. The van der Waals surface area contributed by atoms with E-state index in [1.54, 1.807) is 7.11 Å². The Labute approximate surface area is 137 Å². The third kappa shape index (κ3) is 5.27. The Morgan fingerprint density at radius 1 is 1.17 bits per heavy atom. The van der Waals surface area contributed by atoms with Crippen molar-refractivity contribution in [3.8, 4) is 5.75 Å². The predicted molar refractivity (Wildman–Crippen MR) is 89.2 cm³/mol. The second kappa shape index (κ2) is 8.56. The minimum atomic E-state index is -0.151. The lowest BCUT2D eigenvalue weighted by atomic mass is 10.1. The van der Waals surface area contributed by atoms with E-state index in [4.69, 9.17) is 4.74 Å². The van der Waals surface area contributed by atoms with Gasteiger partial charge in [-0.3, -0.25) is 9.59 Å². The topological polar surface area (TPSA) is 67.4 Å². The molecule has 2 rings (SSSR count). The van der Waals surface area contributed by atoms with Crippen LogP contribution in [0.4, 0.5) is 0 Å². The van der Waals surface area contributed by atoms with Gasteiger partial charge in [0.25, 0.3) is 0 Å². The second-order valence-electron chi connectivity index (χ2n) is 5.99. The van der Waals surface area contributed by atoms with Gasteiger partial charge in [0.15, 0.2) is 0 Å². The lowest BCUT2D eigenvalue weighted by molar-refractivity contribution is -0.127. The molecule has 2 N–H and O–H groups in total. The molecule has 2 unspecified atom stereocenters. The monoisotopic (exact) mass is 318 g/mol. The van der Waals surface area contributed by atoms with Crippen LogP contribution < -0.4 is 15.4 Å². The Morgan fingerprint density at radius 2 is 1.87 bits per heavy atom. The number of carbonyl (C=O) groups excluding carboxylic acids is 2. The number of nitrogens with one attached hydrogen (secondary N) is 2. The van der Waals surface area contributed by atoms with E-state index in [2.05, 4.69) is 17.6 Å². The number of carbonyl (C=O) groups is 2. The highest BCUT2D eigenvalue weighted by Gasteiger charge is 2.47. The van der Waals surface area contributed by atoms with E-state index in [-0.39, 0.29) is 23.7 Å². The highest BCUT2D eigenvalue weighted by molar-refractivity contribution is 5.92. The fourth-order valence-electron chi connectivity index (χ4n) is 2.58. The van der Waals surface area contributed by atoms with Gasteiger partial charge in [0.2, 0.25) is 11.8 Å². The molecule has 1 fully saturated rings. The molecule has 0 saturated heterocycles. The molecule has 23 heavy (non-hydrogen) atoms. The molecule has 1 aromatic carbocycles. The Balaban J connectivity index is 1.67. The number of methoxy groups -OCH3 is 1. The van der Waals surface area contributed by atoms with Crippen LogP contribution in [-0.4, -0.2) is 32.0 Å². The molecule has 0 radical (unpaired) electrons. The molecule has 1 saturated carbocycles. The number of ether oxygens (including phenoxy) is 1. The van der Waals surface area contributed by atoms with Crippen LogP contribution in [0.25, 0.3) is 0 Å². The highest BCUT2D eigenvalue weighted by atomic mass is 16.5. The molecular weight excluding hydrogens is 292 g/mol. The summed E-state index contributed by atoms with van der Waals surface area (Å²) in [6, 6.07) is 7.81. The summed E-state index contributed by atoms with van der Waals surface area (Å²) < 4.78 is 5.18. The lowest BCUT2D eigenvalue weighted by Gasteiger charge is -2.07. The van der Waals surface area contributed by atoms with Crippen LogP contribution in [0.5, 0.6) is 5.75 Å². The van der Waals surface area contributed by atoms with Gasteiger partial charge in [0.05, 0.1) is 18.9 Å². The van der Waals surface area contributed by atoms with Crippen LogP contribution in [0.2, 0.25) is 0 Å². The van der Waals surface area contributed by atoms with Crippen LogP contribution >= 0.6 is 0 Å². The van der Waals surface area contributed by atoms with E-state index >= 15 is 0 Å². The van der Waals surface area contributed by atoms with Crippen molar-refractivity contribution in [3.05, 3.63) is 29.8 Å². The van der Waals surface area contributed by atoms with Crippen molar-refractivity contribution in [2.24, 2.45) is 11.8 Å². The molecule has 5 heteroatoms. The first-order valence-corrected chi connectivity index (χ1v) is 8.34. The molecule has 126 valence electrons. The maximum atomic E-state index is 12.0. The third-order valence-electron chi connectivity index (χ3n) is 4.14. The van der Waals surface area contributed by atoms with Crippen molar-refractivity contribution in [1.29, 1.82) is 0 Å². The first kappa shape index (κ1) is 17.3. The van der Waals surface area contributed by atoms with E-state index in [1.807, 2.05) is 24.3 Å². The molecule has 1 aliphatic carbocycles. The number of hydrogen-bond donors (Lipinski definition) is 2. The summed E-state index contributed by atoms with van der Waals surface area (Å²) in [5, 5.41) is 5.82. The minimum Gasteiger partial charge on any atom is -0.497 e. The first-order chi connectivity index (χ1) is 11.2. The van der Waals surface area contributed by atoms with Gasteiger partial charge in [-0.1, -0.05) is 25.5 Å². The molecule has 0 aromatic heterocycles. The average molecular weight is 318 g/mol. The number of rotatable bonds is 9. The van der Waals surface area contributed by atoms with Crippen molar-refractivity contribution in [2.75, 3.05) is 20.2 Å². The maximum Gasteiger partial charge on any atom is 0.223 e. The van der Waals surface area contributed by atoms with Gasteiger partial charge >= 0.3 is 0 Å². The van der Waals surface area contributed by atoms with E-state index < -0.39 is 0 Å². The lowest BCUT2D eigenvalue weighted by Crippen LogP contribution is -2.31. The normalized spacial score (nSPS) is 19.0. The molecule has 0 aliphatic heterocycles. The third-order valence-corrected chi connectivity index (χ3v) is 4.14. The van der Waals surface area contributed by atoms with Gasteiger partial charge in [-0.15, -0.1) is 0 Å². The van der Waals surface area contributed by atoms with E-state index in [0.29, 0.717) is 19.5 Å². The quantitative estimate of drug-likeness (QED) is 0.684.